The molecule has 0 saturated heterocycles. The maximum absolute atomic E-state index is 13.1. The predicted molar refractivity (Wildman–Crippen MR) is 112 cm³/mol. The highest BCUT2D eigenvalue weighted by Crippen LogP contribution is 2.33. The van der Waals surface area contributed by atoms with Gasteiger partial charge in [-0.3, -0.25) is 4.79 Å². The molecule has 1 atom stereocenters. The van der Waals surface area contributed by atoms with E-state index in [-0.39, 0.29) is 18.3 Å². The predicted octanol–water partition coefficient (Wildman–Crippen LogP) is 3.36. The van der Waals surface area contributed by atoms with Crippen molar-refractivity contribution in [2.75, 3.05) is 18.6 Å². The lowest BCUT2D eigenvalue weighted by Gasteiger charge is -2.20. The highest BCUT2D eigenvalue weighted by atomic mass is 79.9. The second-order valence-corrected chi connectivity index (χ2v) is 7.78. The topological polar surface area (TPSA) is 76.5 Å². The van der Waals surface area contributed by atoms with Crippen LogP contribution in [0.3, 0.4) is 0 Å². The molecule has 1 N–H and O–H groups in total. The minimum absolute atomic E-state index is 0.00188. The van der Waals surface area contributed by atoms with Crippen molar-refractivity contribution in [3.8, 4) is 5.75 Å². The summed E-state index contributed by atoms with van der Waals surface area (Å²) in [7, 11) is 1.63. The Hall–Kier alpha value is -3.20. The Bertz CT molecular complexity index is 1100. The SMILES string of the molecule is CN1C(=O)[C@@H](NC(=O)n2nccc2Cc2ccc(F)cc2)COc2ccc(Br)cc21. The number of ether oxygens (including phenoxy) is 1. The minimum Gasteiger partial charge on any atom is -0.489 e. The number of rotatable bonds is 3. The van der Waals surface area contributed by atoms with E-state index >= 15 is 0 Å². The normalized spacial score (nSPS) is 15.9. The van der Waals surface area contributed by atoms with Crippen LogP contribution in [-0.4, -0.2) is 41.4 Å². The number of benzene rings is 2. The molecule has 7 nitrogen and oxygen atoms in total. The molecule has 0 fully saturated rings. The fraction of sp³-hybridized carbons (Fsp3) is 0.190. The molecule has 2 aromatic carbocycles. The van der Waals surface area contributed by atoms with Crippen LogP contribution in [0, 0.1) is 5.82 Å². The molecule has 30 heavy (non-hydrogen) atoms. The van der Waals surface area contributed by atoms with E-state index in [1.54, 1.807) is 37.4 Å². The quantitative estimate of drug-likeness (QED) is 0.633. The molecular weight excluding hydrogens is 455 g/mol. The molecule has 3 aromatic rings. The Morgan fingerprint density at radius 2 is 2.03 bits per heavy atom. The summed E-state index contributed by atoms with van der Waals surface area (Å²) in [6.07, 6.45) is 1.89. The molecule has 0 spiro atoms. The smallest absolute Gasteiger partial charge is 0.343 e. The average Bonchev–Trinajstić information content (AvgIpc) is 3.16. The zero-order valence-corrected chi connectivity index (χ0v) is 17.6. The Kier molecular flexibility index (Phi) is 5.54. The third-order valence-corrected chi connectivity index (χ3v) is 5.32. The van der Waals surface area contributed by atoms with Crippen molar-refractivity contribution in [1.82, 2.24) is 15.1 Å². The van der Waals surface area contributed by atoms with Gasteiger partial charge in [-0.15, -0.1) is 0 Å². The van der Waals surface area contributed by atoms with Gasteiger partial charge in [0.15, 0.2) is 0 Å². The number of hydrogen-bond donors (Lipinski definition) is 1. The van der Waals surface area contributed by atoms with Crippen molar-refractivity contribution < 1.29 is 18.7 Å². The first kappa shape index (κ1) is 20.1. The molecule has 1 aliphatic rings. The van der Waals surface area contributed by atoms with Gasteiger partial charge in [0.1, 0.15) is 24.2 Å². The van der Waals surface area contributed by atoms with E-state index in [2.05, 4.69) is 26.3 Å². The van der Waals surface area contributed by atoms with Gasteiger partial charge in [0.05, 0.1) is 11.4 Å². The summed E-state index contributed by atoms with van der Waals surface area (Å²) in [6.45, 7) is -0.00188. The first-order valence-electron chi connectivity index (χ1n) is 9.20. The lowest BCUT2D eigenvalue weighted by atomic mass is 10.1. The molecule has 0 unspecified atom stereocenters. The summed E-state index contributed by atoms with van der Waals surface area (Å²) in [5, 5.41) is 6.77. The fourth-order valence-electron chi connectivity index (χ4n) is 3.24. The number of nitrogens with zero attached hydrogens (tertiary/aromatic N) is 3. The highest BCUT2D eigenvalue weighted by Gasteiger charge is 2.31. The monoisotopic (exact) mass is 472 g/mol. The van der Waals surface area contributed by atoms with E-state index in [9.17, 15) is 14.0 Å². The molecule has 9 heteroatoms. The Morgan fingerprint density at radius 1 is 1.27 bits per heavy atom. The van der Waals surface area contributed by atoms with Crippen LogP contribution in [0.5, 0.6) is 5.75 Å². The maximum atomic E-state index is 13.1. The number of amides is 2. The molecular formula is C21H18BrFN4O3. The number of fused-ring (bicyclic) bond motifs is 1. The van der Waals surface area contributed by atoms with E-state index < -0.39 is 12.1 Å². The molecule has 0 radical (unpaired) electrons. The molecule has 154 valence electrons. The second kappa shape index (κ2) is 8.27. The van der Waals surface area contributed by atoms with Gasteiger partial charge < -0.3 is 15.0 Å². The van der Waals surface area contributed by atoms with Crippen LogP contribution in [0.25, 0.3) is 0 Å². The van der Waals surface area contributed by atoms with Gasteiger partial charge in [0.2, 0.25) is 0 Å². The lowest BCUT2D eigenvalue weighted by molar-refractivity contribution is -0.120. The van der Waals surface area contributed by atoms with Crippen molar-refractivity contribution in [1.29, 1.82) is 0 Å². The van der Waals surface area contributed by atoms with Crippen molar-refractivity contribution >= 4 is 33.6 Å². The van der Waals surface area contributed by atoms with Crippen LogP contribution >= 0.6 is 15.9 Å². The number of nitrogens with one attached hydrogen (secondary N) is 1. The largest absolute Gasteiger partial charge is 0.489 e. The number of hydrogen-bond acceptors (Lipinski definition) is 4. The second-order valence-electron chi connectivity index (χ2n) is 6.86. The zero-order chi connectivity index (χ0) is 21.3. The van der Waals surface area contributed by atoms with Gasteiger partial charge in [-0.2, -0.15) is 9.78 Å². The Balaban J connectivity index is 1.50. The van der Waals surface area contributed by atoms with Crippen LogP contribution in [0.4, 0.5) is 14.9 Å². The molecule has 0 aliphatic carbocycles. The number of halogens is 2. The first-order valence-corrected chi connectivity index (χ1v) is 10.00. The molecule has 4 rings (SSSR count). The number of likely N-dealkylation sites (N-methyl/N-ethyl adjacent to an activating group) is 1. The van der Waals surface area contributed by atoms with Crippen LogP contribution in [-0.2, 0) is 11.2 Å². The van der Waals surface area contributed by atoms with Crippen molar-refractivity contribution in [3.05, 3.63) is 76.3 Å². The molecule has 0 bridgehead atoms. The average molecular weight is 473 g/mol. The van der Waals surface area contributed by atoms with E-state index in [4.69, 9.17) is 4.74 Å². The van der Waals surface area contributed by atoms with E-state index in [1.807, 2.05) is 6.07 Å². The maximum Gasteiger partial charge on any atom is 0.343 e. The number of carbonyl (C=O) groups is 2. The lowest BCUT2D eigenvalue weighted by Crippen LogP contribution is -2.50. The summed E-state index contributed by atoms with van der Waals surface area (Å²) >= 11 is 3.39. The van der Waals surface area contributed by atoms with Crippen molar-refractivity contribution in [2.24, 2.45) is 0 Å². The third kappa shape index (κ3) is 4.06. The summed E-state index contributed by atoms with van der Waals surface area (Å²) in [6, 6.07) is 11.7. The van der Waals surface area contributed by atoms with Crippen LogP contribution < -0.4 is 15.0 Å². The minimum atomic E-state index is -0.878. The van der Waals surface area contributed by atoms with E-state index in [0.29, 0.717) is 23.6 Å². The van der Waals surface area contributed by atoms with Gasteiger partial charge in [-0.05, 0) is 42.0 Å². The summed E-state index contributed by atoms with van der Waals surface area (Å²) in [4.78, 5) is 27.2. The van der Waals surface area contributed by atoms with Crippen molar-refractivity contribution in [3.63, 3.8) is 0 Å². The first-order chi connectivity index (χ1) is 14.4. The number of aromatic nitrogens is 2. The van der Waals surface area contributed by atoms with Crippen molar-refractivity contribution in [2.45, 2.75) is 12.5 Å². The standard InChI is InChI=1S/C21H18BrFN4O3/c1-26-18-11-14(22)4-7-19(18)30-12-17(20(26)28)25-21(29)27-16(8-9-24-27)10-13-2-5-15(23)6-3-13/h2-9,11,17H,10,12H2,1H3,(H,25,29)/t17-/m0/s1. The van der Waals surface area contributed by atoms with Crippen LogP contribution in [0.1, 0.15) is 11.3 Å². The van der Waals surface area contributed by atoms with Gasteiger partial charge in [-0.1, -0.05) is 28.1 Å². The summed E-state index contributed by atoms with van der Waals surface area (Å²) < 4.78 is 20.9. The molecule has 1 aliphatic heterocycles. The van der Waals surface area contributed by atoms with Gasteiger partial charge in [0.25, 0.3) is 5.91 Å². The molecule has 0 saturated carbocycles. The molecule has 2 heterocycles. The Morgan fingerprint density at radius 3 is 2.80 bits per heavy atom. The number of anilines is 1. The fourth-order valence-corrected chi connectivity index (χ4v) is 3.59. The molecule has 1 aromatic heterocycles. The third-order valence-electron chi connectivity index (χ3n) is 4.83. The zero-order valence-electron chi connectivity index (χ0n) is 16.0. The van der Waals surface area contributed by atoms with E-state index in [1.165, 1.54) is 27.9 Å². The van der Waals surface area contributed by atoms with E-state index in [0.717, 1.165) is 10.0 Å². The summed E-state index contributed by atoms with van der Waals surface area (Å²) in [5.74, 6) is -0.0663. The van der Waals surface area contributed by atoms with Gasteiger partial charge in [-0.25, -0.2) is 9.18 Å². The van der Waals surface area contributed by atoms with Gasteiger partial charge in [0, 0.05) is 24.1 Å². The van der Waals surface area contributed by atoms with Gasteiger partial charge >= 0.3 is 6.03 Å². The summed E-state index contributed by atoms with van der Waals surface area (Å²) in [5.41, 5.74) is 2.06. The van der Waals surface area contributed by atoms with Crippen LogP contribution in [0.15, 0.2) is 59.2 Å². The Labute approximate surface area is 180 Å². The highest BCUT2D eigenvalue weighted by molar-refractivity contribution is 9.10. The number of carbonyl (C=O) groups excluding carboxylic acids is 2. The molecule has 2 amide bonds. The van der Waals surface area contributed by atoms with Crippen LogP contribution in [0.2, 0.25) is 0 Å².